The number of benzene rings is 2. The first kappa shape index (κ1) is 25.9. The van der Waals surface area contributed by atoms with Gasteiger partial charge in [-0.3, -0.25) is 19.2 Å². The van der Waals surface area contributed by atoms with E-state index in [9.17, 15) is 19.2 Å². The van der Waals surface area contributed by atoms with Gasteiger partial charge in [0.2, 0.25) is 0 Å². The molecule has 1 heterocycles. The summed E-state index contributed by atoms with van der Waals surface area (Å²) in [5.41, 5.74) is 5.77. The zero-order valence-corrected chi connectivity index (χ0v) is 20.0. The van der Waals surface area contributed by atoms with E-state index in [4.69, 9.17) is 4.42 Å². The molecular formula is C26H27N5O5. The van der Waals surface area contributed by atoms with Gasteiger partial charge in [-0.2, -0.15) is 5.10 Å². The molecule has 186 valence electrons. The van der Waals surface area contributed by atoms with E-state index in [2.05, 4.69) is 26.5 Å². The zero-order valence-electron chi connectivity index (χ0n) is 20.0. The molecule has 10 heteroatoms. The third-order valence-electron chi connectivity index (χ3n) is 5.18. The number of hydrogen-bond acceptors (Lipinski definition) is 6. The van der Waals surface area contributed by atoms with Crippen molar-refractivity contribution in [2.24, 2.45) is 5.10 Å². The normalized spacial score (nSPS) is 10.6. The van der Waals surface area contributed by atoms with Crippen LogP contribution in [0.1, 0.15) is 28.2 Å². The summed E-state index contributed by atoms with van der Waals surface area (Å²) < 4.78 is 5.47. The molecule has 10 nitrogen and oxygen atoms in total. The predicted molar refractivity (Wildman–Crippen MR) is 134 cm³/mol. The Morgan fingerprint density at radius 2 is 1.58 bits per heavy atom. The lowest BCUT2D eigenvalue weighted by atomic mass is 10.1. The van der Waals surface area contributed by atoms with E-state index in [-0.39, 0.29) is 12.3 Å². The standard InChI is InChI=1S/C26H27N5O5/c1-17-8-9-20(14-18(17)2)30-25(34)23(32)28-15-21-10-11-22(36-21)16-29-31-26(35)24(33)27-13-12-19-6-4-3-5-7-19/h3-11,14,16H,12-13,15H2,1-2H3,(H,27,33)(H,28,32)(H,30,34)(H,31,35)/b29-16+. The van der Waals surface area contributed by atoms with Crippen molar-refractivity contribution in [2.45, 2.75) is 26.8 Å². The average Bonchev–Trinajstić information content (AvgIpc) is 3.33. The van der Waals surface area contributed by atoms with Crippen molar-refractivity contribution < 1.29 is 23.6 Å². The molecule has 0 aliphatic rings. The lowest BCUT2D eigenvalue weighted by Gasteiger charge is -2.07. The van der Waals surface area contributed by atoms with Gasteiger partial charge in [-0.25, -0.2) is 5.43 Å². The molecular weight excluding hydrogens is 462 g/mol. The number of furan rings is 1. The molecule has 3 rings (SSSR count). The number of nitrogens with one attached hydrogen (secondary N) is 4. The van der Waals surface area contributed by atoms with Crippen LogP contribution in [-0.4, -0.2) is 36.4 Å². The van der Waals surface area contributed by atoms with Gasteiger partial charge in [-0.15, -0.1) is 0 Å². The third-order valence-corrected chi connectivity index (χ3v) is 5.18. The first-order chi connectivity index (χ1) is 17.3. The molecule has 0 aliphatic heterocycles. The van der Waals surface area contributed by atoms with Crippen LogP contribution in [-0.2, 0) is 32.1 Å². The minimum Gasteiger partial charge on any atom is -0.458 e. The zero-order chi connectivity index (χ0) is 25.9. The van der Waals surface area contributed by atoms with E-state index in [1.807, 2.05) is 50.2 Å². The number of aryl methyl sites for hydroxylation is 2. The molecule has 0 radical (unpaired) electrons. The molecule has 0 bridgehead atoms. The largest absolute Gasteiger partial charge is 0.458 e. The van der Waals surface area contributed by atoms with E-state index in [1.165, 1.54) is 6.21 Å². The first-order valence-corrected chi connectivity index (χ1v) is 11.2. The van der Waals surface area contributed by atoms with Gasteiger partial charge in [0.25, 0.3) is 0 Å². The van der Waals surface area contributed by atoms with Crippen LogP contribution in [0.4, 0.5) is 5.69 Å². The van der Waals surface area contributed by atoms with E-state index in [0.29, 0.717) is 24.4 Å². The van der Waals surface area contributed by atoms with Crippen LogP contribution in [0.3, 0.4) is 0 Å². The second kappa shape index (κ2) is 12.7. The molecule has 0 spiro atoms. The van der Waals surface area contributed by atoms with Gasteiger partial charge in [-0.05, 0) is 61.2 Å². The molecule has 0 saturated heterocycles. The van der Waals surface area contributed by atoms with E-state index in [1.54, 1.807) is 24.3 Å². The lowest BCUT2D eigenvalue weighted by Crippen LogP contribution is -2.38. The Balaban J connectivity index is 1.38. The van der Waals surface area contributed by atoms with Crippen LogP contribution in [0.15, 0.2) is 70.2 Å². The van der Waals surface area contributed by atoms with Crippen molar-refractivity contribution in [1.82, 2.24) is 16.1 Å². The number of hydrazone groups is 1. The summed E-state index contributed by atoms with van der Waals surface area (Å²) in [6.07, 6.45) is 1.81. The Kier molecular flexibility index (Phi) is 9.10. The third kappa shape index (κ3) is 7.94. The van der Waals surface area contributed by atoms with Gasteiger partial charge in [0.15, 0.2) is 0 Å². The second-order valence-electron chi connectivity index (χ2n) is 7.93. The van der Waals surface area contributed by atoms with Crippen LogP contribution in [0, 0.1) is 13.8 Å². The van der Waals surface area contributed by atoms with E-state index in [0.717, 1.165) is 16.7 Å². The lowest BCUT2D eigenvalue weighted by molar-refractivity contribution is -0.139. The first-order valence-electron chi connectivity index (χ1n) is 11.2. The predicted octanol–water partition coefficient (Wildman–Crippen LogP) is 1.96. The number of carbonyl (C=O) groups is 4. The summed E-state index contributed by atoms with van der Waals surface area (Å²) in [5, 5.41) is 11.2. The van der Waals surface area contributed by atoms with Crippen molar-refractivity contribution in [3.63, 3.8) is 0 Å². The van der Waals surface area contributed by atoms with Crippen LogP contribution >= 0.6 is 0 Å². The Morgan fingerprint density at radius 1 is 0.833 bits per heavy atom. The average molecular weight is 490 g/mol. The van der Waals surface area contributed by atoms with Gasteiger partial charge < -0.3 is 20.4 Å². The highest BCUT2D eigenvalue weighted by Gasteiger charge is 2.15. The molecule has 0 fully saturated rings. The summed E-state index contributed by atoms with van der Waals surface area (Å²) >= 11 is 0. The molecule has 4 amide bonds. The van der Waals surface area contributed by atoms with Gasteiger partial charge in [0, 0.05) is 12.2 Å². The number of rotatable bonds is 8. The van der Waals surface area contributed by atoms with Crippen LogP contribution in [0.5, 0.6) is 0 Å². The highest BCUT2D eigenvalue weighted by molar-refractivity contribution is 6.39. The second-order valence-corrected chi connectivity index (χ2v) is 7.93. The maximum atomic E-state index is 12.1. The number of amides is 4. The molecule has 0 aliphatic carbocycles. The highest BCUT2D eigenvalue weighted by Crippen LogP contribution is 2.14. The van der Waals surface area contributed by atoms with Crippen molar-refractivity contribution in [2.75, 3.05) is 11.9 Å². The monoisotopic (exact) mass is 489 g/mol. The fraction of sp³-hybridized carbons (Fsp3) is 0.192. The van der Waals surface area contributed by atoms with Crippen molar-refractivity contribution >= 4 is 35.5 Å². The molecule has 1 aromatic heterocycles. The summed E-state index contributed by atoms with van der Waals surface area (Å²) in [4.78, 5) is 47.8. The van der Waals surface area contributed by atoms with Gasteiger partial charge in [0.05, 0.1) is 12.8 Å². The molecule has 0 unspecified atom stereocenters. The van der Waals surface area contributed by atoms with Gasteiger partial charge in [0.1, 0.15) is 11.5 Å². The maximum Gasteiger partial charge on any atom is 0.329 e. The summed E-state index contributed by atoms with van der Waals surface area (Å²) in [6.45, 7) is 4.16. The van der Waals surface area contributed by atoms with Crippen molar-refractivity contribution in [3.05, 3.63) is 88.9 Å². The van der Waals surface area contributed by atoms with Crippen LogP contribution < -0.4 is 21.4 Å². The van der Waals surface area contributed by atoms with Crippen molar-refractivity contribution in [3.8, 4) is 0 Å². The van der Waals surface area contributed by atoms with Crippen LogP contribution in [0.25, 0.3) is 0 Å². The quantitative estimate of drug-likeness (QED) is 0.217. The number of nitrogens with zero attached hydrogens (tertiary/aromatic N) is 1. The van der Waals surface area contributed by atoms with Gasteiger partial charge in [-0.1, -0.05) is 36.4 Å². The topological polar surface area (TPSA) is 142 Å². The number of hydrogen-bond donors (Lipinski definition) is 4. The summed E-state index contributed by atoms with van der Waals surface area (Å²) in [5.74, 6) is -2.67. The number of carbonyl (C=O) groups excluding carboxylic acids is 4. The minimum atomic E-state index is -0.909. The molecule has 0 atom stereocenters. The SMILES string of the molecule is Cc1ccc(NC(=O)C(=O)NCc2ccc(/C=N/NC(=O)C(=O)NCCc3ccccc3)o2)cc1C. The molecule has 4 N–H and O–H groups in total. The molecule has 3 aromatic rings. The molecule has 0 saturated carbocycles. The fourth-order valence-electron chi connectivity index (χ4n) is 3.06. The molecule has 36 heavy (non-hydrogen) atoms. The van der Waals surface area contributed by atoms with E-state index >= 15 is 0 Å². The smallest absolute Gasteiger partial charge is 0.329 e. The summed E-state index contributed by atoms with van der Waals surface area (Å²) in [6, 6.07) is 18.1. The highest BCUT2D eigenvalue weighted by atomic mass is 16.3. The maximum absolute atomic E-state index is 12.1. The van der Waals surface area contributed by atoms with E-state index < -0.39 is 23.6 Å². The Morgan fingerprint density at radius 3 is 2.33 bits per heavy atom. The number of anilines is 1. The Bertz CT molecular complexity index is 1270. The van der Waals surface area contributed by atoms with Crippen LogP contribution in [0.2, 0.25) is 0 Å². The fourth-order valence-corrected chi connectivity index (χ4v) is 3.06. The minimum absolute atomic E-state index is 0.0246. The van der Waals surface area contributed by atoms with Gasteiger partial charge >= 0.3 is 23.6 Å². The summed E-state index contributed by atoms with van der Waals surface area (Å²) in [7, 11) is 0. The Hall–Kier alpha value is -4.73. The Labute approximate surface area is 208 Å². The molecule has 2 aromatic carbocycles. The van der Waals surface area contributed by atoms with Crippen molar-refractivity contribution in [1.29, 1.82) is 0 Å².